The first kappa shape index (κ1) is 50.0. The number of hydrogen-bond donors (Lipinski definition) is 4. The molecule has 0 aliphatic carbocycles. The SMILES string of the molecule is Cc1nc2c(F)cc(-c3nc(Nc4ccc([C@@H](C)C5CCNCC5)cn4)ncc3F)cc2n1C(C)C.Cc1nc2c(F)cc(-c3nc(Nc4ccc([C@H](C)C5CCNCC5)cn4)ncc3F)cc2n1C(C)C. The topological polar surface area (TPSA) is 161 Å². The third kappa shape index (κ3) is 10.7. The third-order valence-corrected chi connectivity index (χ3v) is 14.2. The van der Waals surface area contributed by atoms with Crippen LogP contribution in [-0.4, -0.2) is 75.2 Å². The van der Waals surface area contributed by atoms with Gasteiger partial charge in [0, 0.05) is 35.6 Å². The van der Waals surface area contributed by atoms with Gasteiger partial charge in [0.1, 0.15) is 45.7 Å². The minimum atomic E-state index is -0.634. The van der Waals surface area contributed by atoms with Crippen LogP contribution in [0.2, 0.25) is 0 Å². The summed E-state index contributed by atoms with van der Waals surface area (Å²) in [4.78, 5) is 34.6. The van der Waals surface area contributed by atoms with Crippen molar-refractivity contribution in [1.29, 1.82) is 0 Å². The van der Waals surface area contributed by atoms with Gasteiger partial charge in [0.2, 0.25) is 11.9 Å². The molecule has 2 atom stereocenters. The molecule has 14 nitrogen and oxygen atoms in total. The van der Waals surface area contributed by atoms with E-state index in [1.807, 2.05) is 75.2 Å². The highest BCUT2D eigenvalue weighted by Crippen LogP contribution is 2.35. The van der Waals surface area contributed by atoms with Crippen LogP contribution in [-0.2, 0) is 0 Å². The zero-order valence-corrected chi connectivity index (χ0v) is 42.0. The number of benzene rings is 2. The summed E-state index contributed by atoms with van der Waals surface area (Å²) < 4.78 is 63.3. The zero-order valence-electron chi connectivity index (χ0n) is 42.0. The molecule has 0 saturated carbocycles. The number of rotatable bonds is 12. The van der Waals surface area contributed by atoms with Crippen LogP contribution in [0, 0.1) is 49.0 Å². The number of fused-ring (bicyclic) bond motifs is 2. The molecular formula is C54H62F4N14. The molecule has 72 heavy (non-hydrogen) atoms. The lowest BCUT2D eigenvalue weighted by molar-refractivity contribution is 0.330. The van der Waals surface area contributed by atoms with Crippen LogP contribution < -0.4 is 21.3 Å². The Morgan fingerprint density at radius 1 is 0.500 bits per heavy atom. The van der Waals surface area contributed by atoms with Crippen LogP contribution in [0.15, 0.2) is 73.3 Å². The number of nitrogens with zero attached hydrogens (tertiary/aromatic N) is 10. The molecule has 2 aromatic carbocycles. The van der Waals surface area contributed by atoms with Gasteiger partial charge in [0.15, 0.2) is 23.3 Å². The standard InChI is InChI=1S/2C27H31F2N7/c2*1-15(2)36-17(4)33-26-21(28)11-20(12-23(26)36)25-22(29)14-32-27(35-25)34-24-6-5-19(13-31-24)16(3)18-7-9-30-10-8-18/h2*5-6,11-16,18,30H,7-10H2,1-4H3,(H,31,32,34,35)/t2*16-/m10/s1. The van der Waals surface area contributed by atoms with Crippen LogP contribution in [0.25, 0.3) is 44.6 Å². The second kappa shape index (κ2) is 21.4. The monoisotopic (exact) mass is 983 g/mol. The number of hydrogen-bond acceptors (Lipinski definition) is 12. The van der Waals surface area contributed by atoms with Gasteiger partial charge in [-0.1, -0.05) is 26.0 Å². The van der Waals surface area contributed by atoms with Crippen molar-refractivity contribution in [1.82, 2.24) is 59.6 Å². The van der Waals surface area contributed by atoms with Crippen LogP contribution in [0.5, 0.6) is 0 Å². The number of aryl methyl sites for hydroxylation is 2. The molecule has 2 saturated heterocycles. The van der Waals surface area contributed by atoms with Crippen molar-refractivity contribution in [2.75, 3.05) is 36.8 Å². The second-order valence-electron chi connectivity index (χ2n) is 19.6. The highest BCUT2D eigenvalue weighted by Gasteiger charge is 2.24. The Morgan fingerprint density at radius 3 is 1.24 bits per heavy atom. The summed E-state index contributed by atoms with van der Waals surface area (Å²) in [6, 6.07) is 14.0. The lowest BCUT2D eigenvalue weighted by atomic mass is 9.82. The summed E-state index contributed by atoms with van der Waals surface area (Å²) in [5, 5.41) is 12.9. The number of nitrogens with one attached hydrogen (secondary N) is 4. The minimum Gasteiger partial charge on any atom is -0.326 e. The van der Waals surface area contributed by atoms with E-state index in [1.54, 1.807) is 12.1 Å². The fourth-order valence-corrected chi connectivity index (χ4v) is 10.3. The first-order valence-electron chi connectivity index (χ1n) is 24.9. The molecule has 18 heteroatoms. The molecule has 0 unspecified atom stereocenters. The van der Waals surface area contributed by atoms with Gasteiger partial charge in [0.25, 0.3) is 0 Å². The molecule has 6 aromatic heterocycles. The smallest absolute Gasteiger partial charge is 0.229 e. The molecule has 0 amide bonds. The first-order chi connectivity index (χ1) is 34.6. The molecule has 8 heterocycles. The summed E-state index contributed by atoms with van der Waals surface area (Å²) >= 11 is 0. The second-order valence-corrected chi connectivity index (χ2v) is 19.6. The van der Waals surface area contributed by atoms with Crippen LogP contribution >= 0.6 is 0 Å². The van der Waals surface area contributed by atoms with E-state index in [0.29, 0.717) is 69.1 Å². The fraction of sp³-hybridized carbons (Fsp3) is 0.407. The predicted molar refractivity (Wildman–Crippen MR) is 275 cm³/mol. The lowest BCUT2D eigenvalue weighted by Gasteiger charge is -2.28. The maximum Gasteiger partial charge on any atom is 0.229 e. The van der Waals surface area contributed by atoms with E-state index in [4.69, 9.17) is 0 Å². The quantitative estimate of drug-likeness (QED) is 0.0859. The Morgan fingerprint density at radius 2 is 0.889 bits per heavy atom. The number of aromatic nitrogens is 10. The Hall–Kier alpha value is -6.92. The maximum absolute atomic E-state index is 14.9. The minimum absolute atomic E-state index is 0.0126. The maximum atomic E-state index is 14.9. The Labute approximate surface area is 417 Å². The fourth-order valence-electron chi connectivity index (χ4n) is 10.3. The molecule has 10 rings (SSSR count). The highest BCUT2D eigenvalue weighted by molar-refractivity contribution is 5.84. The van der Waals surface area contributed by atoms with E-state index < -0.39 is 23.3 Å². The van der Waals surface area contributed by atoms with Gasteiger partial charge in [0.05, 0.1) is 23.4 Å². The predicted octanol–water partition coefficient (Wildman–Crippen LogP) is 11.8. The Kier molecular flexibility index (Phi) is 14.9. The molecule has 0 radical (unpaired) electrons. The van der Waals surface area contributed by atoms with Gasteiger partial charge in [-0.3, -0.25) is 0 Å². The van der Waals surface area contributed by atoms with Crippen LogP contribution in [0.1, 0.15) is 114 Å². The normalized spacial score (nSPS) is 15.5. The number of halogens is 4. The van der Waals surface area contributed by atoms with E-state index in [2.05, 4.69) is 87.1 Å². The first-order valence-corrected chi connectivity index (χ1v) is 24.9. The summed E-state index contributed by atoms with van der Waals surface area (Å²) in [5.41, 5.74) is 4.78. The summed E-state index contributed by atoms with van der Waals surface area (Å²) in [5.74, 6) is 2.73. The lowest BCUT2D eigenvalue weighted by Crippen LogP contribution is -2.30. The van der Waals surface area contributed by atoms with E-state index in [-0.39, 0.29) is 46.4 Å². The van der Waals surface area contributed by atoms with Gasteiger partial charge in [-0.2, -0.15) is 0 Å². The number of piperidine rings is 2. The van der Waals surface area contributed by atoms with Crippen molar-refractivity contribution in [2.45, 2.75) is 105 Å². The van der Waals surface area contributed by atoms with Crippen LogP contribution in [0.4, 0.5) is 41.1 Å². The number of anilines is 4. The molecule has 0 bridgehead atoms. The summed E-state index contributed by atoms with van der Waals surface area (Å²) in [6.07, 6.45) is 10.6. The third-order valence-electron chi connectivity index (χ3n) is 14.2. The molecule has 2 aliphatic heterocycles. The molecule has 2 fully saturated rings. The largest absolute Gasteiger partial charge is 0.326 e. The van der Waals surface area contributed by atoms with Gasteiger partial charge in [-0.05, 0) is 165 Å². The molecule has 376 valence electrons. The molecule has 2 aliphatic rings. The molecular weight excluding hydrogens is 921 g/mol. The average Bonchev–Trinajstić information content (AvgIpc) is 3.92. The highest BCUT2D eigenvalue weighted by atomic mass is 19.1. The molecule has 0 spiro atoms. The Bertz CT molecular complexity index is 2960. The summed E-state index contributed by atoms with van der Waals surface area (Å²) in [7, 11) is 0. The van der Waals surface area contributed by atoms with Crippen molar-refractivity contribution in [3.8, 4) is 22.5 Å². The van der Waals surface area contributed by atoms with Gasteiger partial charge >= 0.3 is 0 Å². The molecule has 8 aromatic rings. The number of pyridine rings is 2. The Balaban J connectivity index is 0.000000178. The summed E-state index contributed by atoms with van der Waals surface area (Å²) in [6.45, 7) is 20.4. The van der Waals surface area contributed by atoms with Crippen molar-refractivity contribution >= 4 is 45.6 Å². The van der Waals surface area contributed by atoms with Gasteiger partial charge < -0.3 is 30.4 Å². The van der Waals surface area contributed by atoms with E-state index >= 15 is 0 Å². The van der Waals surface area contributed by atoms with Gasteiger partial charge in [-0.25, -0.2) is 57.4 Å². The average molecular weight is 983 g/mol. The van der Waals surface area contributed by atoms with Crippen molar-refractivity contribution < 1.29 is 17.6 Å². The zero-order chi connectivity index (χ0) is 50.8. The van der Waals surface area contributed by atoms with E-state index in [0.717, 1.165) is 64.3 Å². The van der Waals surface area contributed by atoms with Crippen molar-refractivity contribution in [2.24, 2.45) is 11.8 Å². The van der Waals surface area contributed by atoms with Crippen molar-refractivity contribution in [3.63, 3.8) is 0 Å². The molecule has 4 N–H and O–H groups in total. The van der Waals surface area contributed by atoms with Crippen LogP contribution in [0.3, 0.4) is 0 Å². The van der Waals surface area contributed by atoms with Gasteiger partial charge in [-0.15, -0.1) is 0 Å². The van der Waals surface area contributed by atoms with Crippen molar-refractivity contribution in [3.05, 3.63) is 119 Å². The van der Waals surface area contributed by atoms with E-state index in [1.165, 1.54) is 23.3 Å². The van der Waals surface area contributed by atoms with E-state index in [9.17, 15) is 17.6 Å². The number of imidazole rings is 2.